The maximum atomic E-state index is 11.1. The lowest BCUT2D eigenvalue weighted by Gasteiger charge is -2.09. The van der Waals surface area contributed by atoms with Crippen LogP contribution in [0.15, 0.2) is 4.63 Å². The lowest BCUT2D eigenvalue weighted by atomic mass is 10.3. The number of amidine groups is 1. The molecule has 1 aliphatic rings. The summed E-state index contributed by atoms with van der Waals surface area (Å²) in [6, 6.07) is 0. The van der Waals surface area contributed by atoms with Crippen molar-refractivity contribution < 1.29 is 14.2 Å². The van der Waals surface area contributed by atoms with Crippen molar-refractivity contribution in [3.05, 3.63) is 11.4 Å². The number of carbonyl (C=O) groups is 1. The molecule has 8 nitrogen and oxygen atoms in total. The molecule has 80 valence electrons. The third-order valence-corrected chi connectivity index (χ3v) is 2.00. The summed E-state index contributed by atoms with van der Waals surface area (Å²) in [7, 11) is 0. The van der Waals surface area contributed by atoms with Crippen LogP contribution in [0.5, 0.6) is 0 Å². The molecule has 0 radical (unpaired) electrons. The van der Waals surface area contributed by atoms with Crippen molar-refractivity contribution in [1.29, 1.82) is 5.41 Å². The van der Waals surface area contributed by atoms with E-state index in [1.54, 1.807) is 0 Å². The fourth-order valence-electron chi connectivity index (χ4n) is 1.26. The zero-order valence-corrected chi connectivity index (χ0v) is 7.77. The molecule has 8 heteroatoms. The molecule has 1 aliphatic heterocycles. The molecule has 1 amide bonds. The summed E-state index contributed by atoms with van der Waals surface area (Å²) in [5.74, 6) is -0.237. The lowest BCUT2D eigenvalue weighted by Crippen LogP contribution is -2.25. The van der Waals surface area contributed by atoms with Gasteiger partial charge in [0.1, 0.15) is 18.1 Å². The van der Waals surface area contributed by atoms with E-state index in [9.17, 15) is 4.79 Å². The molecule has 0 bridgehead atoms. The van der Waals surface area contributed by atoms with Gasteiger partial charge in [-0.05, 0) is 5.16 Å². The zero-order chi connectivity index (χ0) is 10.8. The minimum absolute atomic E-state index is 0.162. The van der Waals surface area contributed by atoms with Crippen LogP contribution in [0.25, 0.3) is 0 Å². The molecular weight excluding hydrogens is 202 g/mol. The van der Waals surface area contributed by atoms with E-state index in [2.05, 4.69) is 14.9 Å². The molecule has 0 saturated carbocycles. The number of ether oxygens (including phenoxy) is 1. The Morgan fingerprint density at radius 1 is 1.60 bits per heavy atom. The predicted octanol–water partition coefficient (Wildman–Crippen LogP) is -0.694. The lowest BCUT2D eigenvalue weighted by molar-refractivity contribution is 0.156. The van der Waals surface area contributed by atoms with Crippen LogP contribution in [0.2, 0.25) is 0 Å². The smallest absolute Gasteiger partial charge is 0.410 e. The van der Waals surface area contributed by atoms with Gasteiger partial charge in [-0.1, -0.05) is 5.16 Å². The normalized spacial score (nSPS) is 15.5. The highest BCUT2D eigenvalue weighted by atomic mass is 16.6. The van der Waals surface area contributed by atoms with Gasteiger partial charge in [0.25, 0.3) is 0 Å². The third kappa shape index (κ3) is 1.73. The Kier molecular flexibility index (Phi) is 2.24. The number of aromatic nitrogens is 2. The minimum Gasteiger partial charge on any atom is -0.448 e. The molecule has 2 heterocycles. The Balaban J connectivity index is 2.13. The van der Waals surface area contributed by atoms with Crippen molar-refractivity contribution in [3.8, 4) is 0 Å². The summed E-state index contributed by atoms with van der Waals surface area (Å²) in [6.45, 7) is 1.04. The molecule has 0 spiro atoms. The van der Waals surface area contributed by atoms with Crippen LogP contribution in [0.1, 0.15) is 11.4 Å². The average Bonchev–Trinajstić information content (AvgIpc) is 2.77. The van der Waals surface area contributed by atoms with Gasteiger partial charge in [0.15, 0.2) is 5.69 Å². The first-order chi connectivity index (χ1) is 7.18. The zero-order valence-electron chi connectivity index (χ0n) is 7.77. The number of nitrogen functional groups attached to an aromatic ring is 1. The molecule has 1 aromatic rings. The van der Waals surface area contributed by atoms with Gasteiger partial charge in [-0.15, -0.1) is 0 Å². The largest absolute Gasteiger partial charge is 0.448 e. The standard InChI is InChI=1S/C7H9N5O3/c8-6(9)5-4(10-15-11-5)3-12-1-2-14-7(12)13/h1-3H2,(H3,8,9). The van der Waals surface area contributed by atoms with E-state index in [1.165, 1.54) is 4.90 Å². The maximum Gasteiger partial charge on any atom is 0.410 e. The second kappa shape index (κ2) is 3.56. The van der Waals surface area contributed by atoms with E-state index in [0.717, 1.165) is 0 Å². The number of cyclic esters (lactones) is 1. The van der Waals surface area contributed by atoms with E-state index >= 15 is 0 Å². The first-order valence-electron chi connectivity index (χ1n) is 4.26. The predicted molar refractivity (Wildman–Crippen MR) is 47.1 cm³/mol. The van der Waals surface area contributed by atoms with E-state index in [0.29, 0.717) is 18.8 Å². The highest BCUT2D eigenvalue weighted by Crippen LogP contribution is 2.10. The van der Waals surface area contributed by atoms with Crippen LogP contribution >= 0.6 is 0 Å². The van der Waals surface area contributed by atoms with Gasteiger partial charge in [-0.25, -0.2) is 9.42 Å². The topological polar surface area (TPSA) is 118 Å². The van der Waals surface area contributed by atoms with Crippen LogP contribution in [-0.2, 0) is 11.3 Å². The molecule has 0 unspecified atom stereocenters. The Bertz CT molecular complexity index is 401. The van der Waals surface area contributed by atoms with Crippen molar-refractivity contribution in [3.63, 3.8) is 0 Å². The number of hydrogen-bond acceptors (Lipinski definition) is 6. The molecule has 0 atom stereocenters. The van der Waals surface area contributed by atoms with Gasteiger partial charge in [0.05, 0.1) is 13.1 Å². The Labute approximate surface area is 84.4 Å². The number of nitrogens with one attached hydrogen (secondary N) is 1. The molecule has 0 aliphatic carbocycles. The fraction of sp³-hybridized carbons (Fsp3) is 0.429. The summed E-state index contributed by atoms with van der Waals surface area (Å²) in [4.78, 5) is 12.6. The Morgan fingerprint density at radius 3 is 3.00 bits per heavy atom. The number of nitrogens with two attached hydrogens (primary N) is 1. The van der Waals surface area contributed by atoms with Crippen LogP contribution in [-0.4, -0.2) is 40.3 Å². The van der Waals surface area contributed by atoms with Gasteiger partial charge >= 0.3 is 6.09 Å². The molecule has 0 aromatic carbocycles. The monoisotopic (exact) mass is 211 g/mol. The van der Waals surface area contributed by atoms with Crippen LogP contribution in [0, 0.1) is 5.41 Å². The second-order valence-electron chi connectivity index (χ2n) is 3.01. The molecule has 1 saturated heterocycles. The molecule has 2 rings (SSSR count). The molecule has 15 heavy (non-hydrogen) atoms. The van der Waals surface area contributed by atoms with Crippen LogP contribution < -0.4 is 5.73 Å². The number of hydrogen-bond donors (Lipinski definition) is 2. The number of amides is 1. The van der Waals surface area contributed by atoms with E-state index in [-0.39, 0.29) is 18.1 Å². The van der Waals surface area contributed by atoms with Crippen molar-refractivity contribution >= 4 is 11.9 Å². The SMILES string of the molecule is N=C(N)c1nonc1CN1CCOC1=O. The maximum absolute atomic E-state index is 11.1. The minimum atomic E-state index is -0.410. The summed E-state index contributed by atoms with van der Waals surface area (Å²) in [5, 5.41) is 14.2. The van der Waals surface area contributed by atoms with Gasteiger partial charge in [0.2, 0.25) is 0 Å². The number of nitrogens with zero attached hydrogens (tertiary/aromatic N) is 3. The van der Waals surface area contributed by atoms with Crippen molar-refractivity contribution in [2.45, 2.75) is 6.54 Å². The van der Waals surface area contributed by atoms with Gasteiger partial charge in [-0.3, -0.25) is 10.3 Å². The molecule has 1 aromatic heterocycles. The number of rotatable bonds is 3. The van der Waals surface area contributed by atoms with Gasteiger partial charge < -0.3 is 10.5 Å². The van der Waals surface area contributed by atoms with Crippen molar-refractivity contribution in [1.82, 2.24) is 15.2 Å². The second-order valence-corrected chi connectivity index (χ2v) is 3.01. The van der Waals surface area contributed by atoms with Crippen molar-refractivity contribution in [2.75, 3.05) is 13.2 Å². The quantitative estimate of drug-likeness (QED) is 0.504. The van der Waals surface area contributed by atoms with Crippen LogP contribution in [0.4, 0.5) is 4.79 Å². The van der Waals surface area contributed by atoms with Crippen molar-refractivity contribution in [2.24, 2.45) is 5.73 Å². The highest BCUT2D eigenvalue weighted by Gasteiger charge is 2.25. The van der Waals surface area contributed by atoms with Gasteiger partial charge in [0, 0.05) is 0 Å². The van der Waals surface area contributed by atoms with E-state index in [4.69, 9.17) is 15.9 Å². The fourth-order valence-corrected chi connectivity index (χ4v) is 1.26. The summed E-state index contributed by atoms with van der Waals surface area (Å²) < 4.78 is 9.19. The summed E-state index contributed by atoms with van der Waals surface area (Å²) >= 11 is 0. The molecule has 3 N–H and O–H groups in total. The summed E-state index contributed by atoms with van der Waals surface area (Å²) in [5.41, 5.74) is 5.78. The Hall–Kier alpha value is -2.12. The van der Waals surface area contributed by atoms with E-state index in [1.807, 2.05) is 0 Å². The first-order valence-corrected chi connectivity index (χ1v) is 4.26. The summed E-state index contributed by atoms with van der Waals surface area (Å²) in [6.07, 6.45) is -0.410. The van der Waals surface area contributed by atoms with E-state index < -0.39 is 6.09 Å². The molecular formula is C7H9N5O3. The average molecular weight is 211 g/mol. The number of carbonyl (C=O) groups excluding carboxylic acids is 1. The molecule has 1 fully saturated rings. The van der Waals surface area contributed by atoms with Gasteiger partial charge in [-0.2, -0.15) is 0 Å². The third-order valence-electron chi connectivity index (χ3n) is 2.00. The van der Waals surface area contributed by atoms with Crippen LogP contribution in [0.3, 0.4) is 0 Å². The first kappa shape index (κ1) is 9.44. The highest BCUT2D eigenvalue weighted by molar-refractivity contribution is 5.93. The Morgan fingerprint density at radius 2 is 2.40 bits per heavy atom.